The van der Waals surface area contributed by atoms with Gasteiger partial charge in [-0.05, 0) is 70.6 Å². The number of hydrogen-bond acceptors (Lipinski definition) is 5. The Labute approximate surface area is 228 Å². The van der Waals surface area contributed by atoms with E-state index in [1.54, 1.807) is 25.7 Å². The third kappa shape index (κ3) is 9.55. The van der Waals surface area contributed by atoms with Crippen LogP contribution in [0.25, 0.3) is 0 Å². The number of nitrogens with one attached hydrogen (secondary N) is 2. The van der Waals surface area contributed by atoms with Gasteiger partial charge in [0.1, 0.15) is 17.7 Å². The average Bonchev–Trinajstić information content (AvgIpc) is 2.82. The van der Waals surface area contributed by atoms with Crippen molar-refractivity contribution in [3.05, 3.63) is 34.9 Å². The maximum atomic E-state index is 14.0. The van der Waals surface area contributed by atoms with Crippen LogP contribution in [0.5, 0.6) is 0 Å². The van der Waals surface area contributed by atoms with E-state index < -0.39 is 23.8 Å². The number of ether oxygens (including phenoxy) is 1. The molecule has 1 aromatic rings. The predicted molar refractivity (Wildman–Crippen MR) is 152 cm³/mol. The molecule has 8 heteroatoms. The van der Waals surface area contributed by atoms with E-state index in [1.165, 1.54) is 6.42 Å². The van der Waals surface area contributed by atoms with Crippen molar-refractivity contribution < 1.29 is 19.1 Å². The number of carbonyl (C=O) groups is 3. The maximum absolute atomic E-state index is 14.0. The minimum atomic E-state index is -0.922. The number of carbonyl (C=O) groups excluding carboxylic acids is 3. The summed E-state index contributed by atoms with van der Waals surface area (Å²) in [4.78, 5) is 42.2. The number of aryl methyl sites for hydroxylation is 2. The summed E-state index contributed by atoms with van der Waals surface area (Å²) in [6, 6.07) is 4.32. The second-order valence-corrected chi connectivity index (χ2v) is 11.5. The highest BCUT2D eigenvalue weighted by molar-refractivity contribution is 7.80. The van der Waals surface area contributed by atoms with Crippen LogP contribution in [0.3, 0.4) is 0 Å². The Balaban J connectivity index is 2.46. The second kappa shape index (κ2) is 14.6. The Hall–Kier alpha value is -2.22. The predicted octanol–water partition coefficient (Wildman–Crippen LogP) is 5.64. The summed E-state index contributed by atoms with van der Waals surface area (Å²) in [6.45, 7) is 11.8. The molecule has 37 heavy (non-hydrogen) atoms. The smallest absolute Gasteiger partial charge is 0.408 e. The molecule has 1 saturated carbocycles. The molecule has 1 fully saturated rings. The molecule has 0 aliphatic heterocycles. The molecule has 1 aliphatic carbocycles. The van der Waals surface area contributed by atoms with Crippen LogP contribution in [-0.4, -0.2) is 52.8 Å². The molecular weight excluding hydrogens is 486 g/mol. The molecular formula is C29H47N3O4S. The number of rotatable bonds is 11. The summed E-state index contributed by atoms with van der Waals surface area (Å²) in [5, 5.41) is 5.95. The quantitative estimate of drug-likeness (QED) is 0.254. The summed E-state index contributed by atoms with van der Waals surface area (Å²) in [5.41, 5.74) is 2.06. The fraction of sp³-hybridized carbons (Fsp3) is 0.690. The number of alkyl carbamates (subject to hydrolysis) is 1. The monoisotopic (exact) mass is 533 g/mol. The molecule has 2 N–H and O–H groups in total. The Kier molecular flexibility index (Phi) is 12.3. The van der Waals surface area contributed by atoms with Crippen LogP contribution < -0.4 is 10.6 Å². The maximum Gasteiger partial charge on any atom is 0.408 e. The fourth-order valence-corrected chi connectivity index (χ4v) is 5.20. The van der Waals surface area contributed by atoms with Crippen molar-refractivity contribution in [2.24, 2.45) is 0 Å². The summed E-state index contributed by atoms with van der Waals surface area (Å²) >= 11 is 4.38. The highest BCUT2D eigenvalue weighted by Crippen LogP contribution is 2.30. The van der Waals surface area contributed by atoms with Gasteiger partial charge >= 0.3 is 6.09 Å². The number of unbranched alkanes of at least 4 members (excludes halogenated alkanes) is 2. The van der Waals surface area contributed by atoms with Gasteiger partial charge in [-0.3, -0.25) is 9.59 Å². The van der Waals surface area contributed by atoms with E-state index in [-0.39, 0.29) is 23.6 Å². The molecule has 0 bridgehead atoms. The van der Waals surface area contributed by atoms with Crippen molar-refractivity contribution in [2.75, 3.05) is 12.3 Å². The minimum absolute atomic E-state index is 0.0894. The molecule has 7 nitrogen and oxygen atoms in total. The van der Waals surface area contributed by atoms with Gasteiger partial charge in [-0.25, -0.2) is 4.79 Å². The zero-order chi connectivity index (χ0) is 27.6. The molecule has 2 atom stereocenters. The normalized spacial score (nSPS) is 16.0. The van der Waals surface area contributed by atoms with Gasteiger partial charge in [0.15, 0.2) is 0 Å². The fourth-order valence-electron chi connectivity index (χ4n) is 4.95. The molecule has 0 saturated heterocycles. The molecule has 0 spiro atoms. The first kappa shape index (κ1) is 31.0. The summed E-state index contributed by atoms with van der Waals surface area (Å²) in [6.07, 6.45) is 7.28. The van der Waals surface area contributed by atoms with Crippen molar-refractivity contribution in [3.8, 4) is 0 Å². The largest absolute Gasteiger partial charge is 0.444 e. The zero-order valence-corrected chi connectivity index (χ0v) is 24.5. The van der Waals surface area contributed by atoms with Crippen LogP contribution in [0, 0.1) is 13.8 Å². The lowest BCUT2D eigenvalue weighted by Gasteiger charge is -2.36. The molecule has 0 heterocycles. The van der Waals surface area contributed by atoms with Crippen molar-refractivity contribution in [1.82, 2.24) is 15.5 Å². The second-order valence-electron chi connectivity index (χ2n) is 11.2. The number of thiol groups is 1. The van der Waals surface area contributed by atoms with Gasteiger partial charge in [0.05, 0.1) is 0 Å². The Morgan fingerprint density at radius 1 is 1.08 bits per heavy atom. The van der Waals surface area contributed by atoms with Crippen LogP contribution in [-0.2, 0) is 14.3 Å². The van der Waals surface area contributed by atoms with Gasteiger partial charge < -0.3 is 20.3 Å². The molecule has 1 aliphatic rings. The lowest BCUT2D eigenvalue weighted by atomic mass is 9.91. The number of hydrogen-bond donors (Lipinski definition) is 3. The van der Waals surface area contributed by atoms with Gasteiger partial charge in [0, 0.05) is 18.3 Å². The highest BCUT2D eigenvalue weighted by Gasteiger charge is 2.37. The van der Waals surface area contributed by atoms with Gasteiger partial charge in [-0.15, -0.1) is 0 Å². The first-order valence-corrected chi connectivity index (χ1v) is 14.4. The van der Waals surface area contributed by atoms with E-state index in [0.717, 1.165) is 61.6 Å². The molecule has 2 unspecified atom stereocenters. The topological polar surface area (TPSA) is 87.7 Å². The first-order valence-electron chi connectivity index (χ1n) is 13.8. The third-order valence-electron chi connectivity index (χ3n) is 6.78. The number of nitrogens with zero attached hydrogens (tertiary/aromatic N) is 1. The van der Waals surface area contributed by atoms with Crippen LogP contribution >= 0.6 is 12.6 Å². The first-order chi connectivity index (χ1) is 17.5. The lowest BCUT2D eigenvalue weighted by molar-refractivity contribution is -0.142. The van der Waals surface area contributed by atoms with Gasteiger partial charge in [-0.1, -0.05) is 57.2 Å². The SMILES string of the molecule is CCCCCN(C(=O)C(CS)NC(=O)OC(C)(C)C)C(C(=O)NC1CCCCC1)c1c(C)cccc1C. The molecule has 3 amide bonds. The third-order valence-corrected chi connectivity index (χ3v) is 7.15. The molecule has 0 aromatic heterocycles. The van der Waals surface area contributed by atoms with Gasteiger partial charge in [0.25, 0.3) is 0 Å². The van der Waals surface area contributed by atoms with Gasteiger partial charge in [0.2, 0.25) is 11.8 Å². The summed E-state index contributed by atoms with van der Waals surface area (Å²) < 4.78 is 5.40. The molecule has 1 aromatic carbocycles. The Bertz CT molecular complexity index is 889. The van der Waals surface area contributed by atoms with Crippen LogP contribution in [0.2, 0.25) is 0 Å². The van der Waals surface area contributed by atoms with Crippen LogP contribution in [0.4, 0.5) is 4.79 Å². The lowest BCUT2D eigenvalue weighted by Crippen LogP contribution is -2.55. The van der Waals surface area contributed by atoms with E-state index in [0.29, 0.717) is 6.54 Å². The van der Waals surface area contributed by atoms with Crippen LogP contribution in [0.1, 0.15) is 102 Å². The van der Waals surface area contributed by atoms with E-state index in [4.69, 9.17) is 4.74 Å². The molecule has 2 rings (SSSR count). The molecule has 0 radical (unpaired) electrons. The van der Waals surface area contributed by atoms with E-state index in [2.05, 4.69) is 30.2 Å². The van der Waals surface area contributed by atoms with E-state index >= 15 is 0 Å². The summed E-state index contributed by atoms with van der Waals surface area (Å²) in [7, 11) is 0. The highest BCUT2D eigenvalue weighted by atomic mass is 32.1. The summed E-state index contributed by atoms with van der Waals surface area (Å²) in [5.74, 6) is -0.403. The molecule has 208 valence electrons. The number of amides is 3. The Morgan fingerprint density at radius 3 is 2.24 bits per heavy atom. The number of benzene rings is 1. The Morgan fingerprint density at radius 2 is 1.70 bits per heavy atom. The van der Waals surface area contributed by atoms with Crippen LogP contribution in [0.15, 0.2) is 18.2 Å². The van der Waals surface area contributed by atoms with Crippen molar-refractivity contribution in [1.29, 1.82) is 0 Å². The average molecular weight is 534 g/mol. The standard InChI is InChI=1S/C29H47N3O4S/c1-7-8-12-18-32(27(34)23(19-37)31-28(35)36-29(4,5)6)25(24-20(2)14-13-15-21(24)3)26(33)30-22-16-10-9-11-17-22/h13-15,22-23,25,37H,7-12,16-19H2,1-6H3,(H,30,33)(H,31,35). The van der Waals surface area contributed by atoms with E-state index in [9.17, 15) is 14.4 Å². The minimum Gasteiger partial charge on any atom is -0.444 e. The van der Waals surface area contributed by atoms with Crippen molar-refractivity contribution >= 4 is 30.5 Å². The zero-order valence-electron chi connectivity index (χ0n) is 23.6. The van der Waals surface area contributed by atoms with Crippen molar-refractivity contribution in [2.45, 2.75) is 117 Å². The van der Waals surface area contributed by atoms with Crippen molar-refractivity contribution in [3.63, 3.8) is 0 Å². The van der Waals surface area contributed by atoms with E-state index in [1.807, 2.05) is 32.0 Å². The van der Waals surface area contributed by atoms with Gasteiger partial charge in [-0.2, -0.15) is 12.6 Å².